The molecule has 1 aliphatic rings. The van der Waals surface area contributed by atoms with Crippen molar-refractivity contribution < 1.29 is 4.79 Å². The van der Waals surface area contributed by atoms with Gasteiger partial charge in [0.15, 0.2) is 0 Å². The summed E-state index contributed by atoms with van der Waals surface area (Å²) in [5, 5.41) is 0. The Balaban J connectivity index is 1.79. The zero-order chi connectivity index (χ0) is 14.8. The number of carbonyl (C=O) groups is 1. The highest BCUT2D eigenvalue weighted by molar-refractivity contribution is 7.14. The van der Waals surface area contributed by atoms with Crippen LogP contribution in [-0.2, 0) is 13.0 Å². The van der Waals surface area contributed by atoms with Crippen molar-refractivity contribution in [3.63, 3.8) is 0 Å². The van der Waals surface area contributed by atoms with Crippen LogP contribution < -0.4 is 5.73 Å². The molecule has 0 unspecified atom stereocenters. The zero-order valence-corrected chi connectivity index (χ0v) is 13.0. The van der Waals surface area contributed by atoms with Gasteiger partial charge in [-0.15, -0.1) is 11.3 Å². The molecule has 4 heteroatoms. The molecule has 0 saturated heterocycles. The standard InChI is InChI=1S/C17H20N2OS/c1-2-15-8-9-16(21-15)17(20)19(14-6-7-14)11-12-4-3-5-13(18)10-12/h3-5,8-10,14H,2,6-7,11,18H2,1H3. The van der Waals surface area contributed by atoms with E-state index in [0.717, 1.165) is 35.4 Å². The summed E-state index contributed by atoms with van der Waals surface area (Å²) in [6, 6.07) is 12.2. The Morgan fingerprint density at radius 2 is 2.14 bits per heavy atom. The first-order chi connectivity index (χ1) is 10.2. The van der Waals surface area contributed by atoms with E-state index in [9.17, 15) is 4.79 Å². The van der Waals surface area contributed by atoms with Crippen LogP contribution >= 0.6 is 11.3 Å². The Hall–Kier alpha value is -1.81. The fraction of sp³-hybridized carbons (Fsp3) is 0.353. The lowest BCUT2D eigenvalue weighted by atomic mass is 10.2. The van der Waals surface area contributed by atoms with E-state index in [1.54, 1.807) is 11.3 Å². The molecular formula is C17H20N2OS. The number of thiophene rings is 1. The second kappa shape index (κ2) is 5.90. The number of aryl methyl sites for hydroxylation is 1. The predicted molar refractivity (Wildman–Crippen MR) is 87.4 cm³/mol. The van der Waals surface area contributed by atoms with Gasteiger partial charge in [0.1, 0.15) is 0 Å². The molecule has 1 fully saturated rings. The van der Waals surface area contributed by atoms with Gasteiger partial charge >= 0.3 is 0 Å². The van der Waals surface area contributed by atoms with Gasteiger partial charge in [0.2, 0.25) is 0 Å². The Bertz CT molecular complexity index is 646. The van der Waals surface area contributed by atoms with Crippen LogP contribution in [0.2, 0.25) is 0 Å². The van der Waals surface area contributed by atoms with Crippen molar-refractivity contribution in [1.29, 1.82) is 0 Å². The van der Waals surface area contributed by atoms with Crippen LogP contribution in [0, 0.1) is 0 Å². The van der Waals surface area contributed by atoms with E-state index in [1.807, 2.05) is 35.2 Å². The van der Waals surface area contributed by atoms with Crippen LogP contribution in [0.15, 0.2) is 36.4 Å². The van der Waals surface area contributed by atoms with Gasteiger partial charge in [-0.2, -0.15) is 0 Å². The molecule has 3 rings (SSSR count). The van der Waals surface area contributed by atoms with Gasteiger partial charge < -0.3 is 10.6 Å². The third-order valence-corrected chi connectivity index (χ3v) is 4.99. The van der Waals surface area contributed by atoms with E-state index in [4.69, 9.17) is 5.73 Å². The molecule has 1 amide bonds. The highest BCUT2D eigenvalue weighted by Crippen LogP contribution is 2.31. The molecule has 0 aliphatic heterocycles. The van der Waals surface area contributed by atoms with Gasteiger partial charge in [-0.05, 0) is 49.1 Å². The Morgan fingerprint density at radius 1 is 1.33 bits per heavy atom. The third-order valence-electron chi connectivity index (χ3n) is 3.77. The second-order valence-electron chi connectivity index (χ2n) is 5.53. The average molecular weight is 300 g/mol. The lowest BCUT2D eigenvalue weighted by molar-refractivity contribution is 0.0735. The quantitative estimate of drug-likeness (QED) is 0.856. The van der Waals surface area contributed by atoms with E-state index in [0.29, 0.717) is 12.6 Å². The van der Waals surface area contributed by atoms with Crippen LogP contribution in [0.4, 0.5) is 5.69 Å². The van der Waals surface area contributed by atoms with Crippen molar-refractivity contribution in [2.24, 2.45) is 0 Å². The van der Waals surface area contributed by atoms with Crippen LogP contribution in [0.3, 0.4) is 0 Å². The maximum Gasteiger partial charge on any atom is 0.264 e. The molecule has 2 N–H and O–H groups in total. The lowest BCUT2D eigenvalue weighted by Gasteiger charge is -2.22. The molecule has 1 aliphatic carbocycles. The van der Waals surface area contributed by atoms with Crippen LogP contribution in [0.25, 0.3) is 0 Å². The molecule has 0 bridgehead atoms. The third kappa shape index (κ3) is 3.27. The summed E-state index contributed by atoms with van der Waals surface area (Å²) in [7, 11) is 0. The van der Waals surface area contributed by atoms with Crippen molar-refractivity contribution in [3.8, 4) is 0 Å². The first-order valence-electron chi connectivity index (χ1n) is 7.41. The van der Waals surface area contributed by atoms with Crippen molar-refractivity contribution in [3.05, 3.63) is 51.7 Å². The van der Waals surface area contributed by atoms with Gasteiger partial charge in [-0.1, -0.05) is 19.1 Å². The number of anilines is 1. The van der Waals surface area contributed by atoms with E-state index < -0.39 is 0 Å². The predicted octanol–water partition coefficient (Wildman–Crippen LogP) is 3.70. The molecule has 1 aromatic carbocycles. The maximum absolute atomic E-state index is 12.7. The molecule has 1 heterocycles. The number of hydrogen-bond acceptors (Lipinski definition) is 3. The topological polar surface area (TPSA) is 46.3 Å². The highest BCUT2D eigenvalue weighted by Gasteiger charge is 2.33. The number of benzene rings is 1. The lowest BCUT2D eigenvalue weighted by Crippen LogP contribution is -2.32. The highest BCUT2D eigenvalue weighted by atomic mass is 32.1. The monoisotopic (exact) mass is 300 g/mol. The number of rotatable bonds is 5. The summed E-state index contributed by atoms with van der Waals surface area (Å²) in [6.45, 7) is 2.76. The summed E-state index contributed by atoms with van der Waals surface area (Å²) in [4.78, 5) is 16.9. The number of amides is 1. The number of hydrogen-bond donors (Lipinski definition) is 1. The summed E-state index contributed by atoms with van der Waals surface area (Å²) in [5.41, 5.74) is 7.68. The Morgan fingerprint density at radius 3 is 2.76 bits per heavy atom. The smallest absolute Gasteiger partial charge is 0.264 e. The minimum Gasteiger partial charge on any atom is -0.399 e. The van der Waals surface area contributed by atoms with Gasteiger partial charge in [0.25, 0.3) is 5.91 Å². The van der Waals surface area contributed by atoms with Crippen molar-refractivity contribution >= 4 is 22.9 Å². The maximum atomic E-state index is 12.7. The van der Waals surface area contributed by atoms with E-state index in [-0.39, 0.29) is 5.91 Å². The first kappa shape index (κ1) is 14.1. The fourth-order valence-electron chi connectivity index (χ4n) is 2.47. The SMILES string of the molecule is CCc1ccc(C(=O)N(Cc2cccc(N)c2)C2CC2)s1. The summed E-state index contributed by atoms with van der Waals surface area (Å²) < 4.78 is 0. The Labute approximate surface area is 129 Å². The number of carbonyl (C=O) groups excluding carboxylic acids is 1. The summed E-state index contributed by atoms with van der Waals surface area (Å²) in [6.07, 6.45) is 3.21. The van der Waals surface area contributed by atoms with Crippen LogP contribution in [0.1, 0.15) is 39.9 Å². The molecule has 1 saturated carbocycles. The minimum atomic E-state index is 0.157. The zero-order valence-electron chi connectivity index (χ0n) is 12.2. The molecular weight excluding hydrogens is 280 g/mol. The molecule has 0 atom stereocenters. The molecule has 110 valence electrons. The van der Waals surface area contributed by atoms with E-state index in [1.165, 1.54) is 4.88 Å². The largest absolute Gasteiger partial charge is 0.399 e. The average Bonchev–Trinajstić information content (AvgIpc) is 3.20. The molecule has 0 spiro atoms. The number of nitrogen functional groups attached to an aromatic ring is 1. The number of nitrogens with zero attached hydrogens (tertiary/aromatic N) is 1. The number of nitrogens with two attached hydrogens (primary N) is 1. The van der Waals surface area contributed by atoms with Gasteiger partial charge in [0.05, 0.1) is 4.88 Å². The van der Waals surface area contributed by atoms with Gasteiger partial charge in [0, 0.05) is 23.2 Å². The van der Waals surface area contributed by atoms with Gasteiger partial charge in [-0.25, -0.2) is 0 Å². The summed E-state index contributed by atoms with van der Waals surface area (Å²) >= 11 is 1.61. The normalized spacial score (nSPS) is 14.1. The first-order valence-corrected chi connectivity index (χ1v) is 8.23. The molecule has 2 aromatic rings. The van der Waals surface area contributed by atoms with Crippen molar-refractivity contribution in [1.82, 2.24) is 4.90 Å². The fourth-order valence-corrected chi connectivity index (χ4v) is 3.37. The van der Waals surface area contributed by atoms with Crippen molar-refractivity contribution in [2.45, 2.75) is 38.8 Å². The molecule has 3 nitrogen and oxygen atoms in total. The summed E-state index contributed by atoms with van der Waals surface area (Å²) in [5.74, 6) is 0.157. The minimum absolute atomic E-state index is 0.157. The molecule has 21 heavy (non-hydrogen) atoms. The molecule has 1 aromatic heterocycles. The van der Waals surface area contributed by atoms with Crippen LogP contribution in [0.5, 0.6) is 0 Å². The van der Waals surface area contributed by atoms with Crippen molar-refractivity contribution in [2.75, 3.05) is 5.73 Å². The van der Waals surface area contributed by atoms with Gasteiger partial charge in [-0.3, -0.25) is 4.79 Å². The van der Waals surface area contributed by atoms with Crippen LogP contribution in [-0.4, -0.2) is 16.8 Å². The van der Waals surface area contributed by atoms with E-state index in [2.05, 4.69) is 13.0 Å². The van der Waals surface area contributed by atoms with E-state index >= 15 is 0 Å². The molecule has 0 radical (unpaired) electrons. The second-order valence-corrected chi connectivity index (χ2v) is 6.70. The Kier molecular flexibility index (Phi) is 3.97.